The van der Waals surface area contributed by atoms with Crippen LogP contribution >= 0.6 is 0 Å². The number of hydrogen-bond donors (Lipinski definition) is 0. The van der Waals surface area contributed by atoms with Crippen molar-refractivity contribution < 1.29 is 13.7 Å². The zero-order chi connectivity index (χ0) is 20.2. The van der Waals surface area contributed by atoms with Crippen molar-refractivity contribution in [3.8, 4) is 17.2 Å². The molecule has 1 atom stereocenters. The second kappa shape index (κ2) is 8.71. The molecule has 0 spiro atoms. The molecular weight excluding hydrogens is 372 g/mol. The monoisotopic (exact) mass is 398 g/mol. The first kappa shape index (κ1) is 19.5. The summed E-state index contributed by atoms with van der Waals surface area (Å²) in [5.41, 5.74) is 0.884. The third kappa shape index (κ3) is 4.46. The molecule has 0 bridgehead atoms. The summed E-state index contributed by atoms with van der Waals surface area (Å²) in [6.07, 6.45) is 0.784. The molecule has 1 fully saturated rings. The number of ether oxygens (including phenoxy) is 1. The highest BCUT2D eigenvalue weighted by atomic mass is 16.5. The Labute approximate surface area is 169 Å². The summed E-state index contributed by atoms with van der Waals surface area (Å²) in [6, 6.07) is 7.71. The van der Waals surface area contributed by atoms with Crippen molar-refractivity contribution in [1.29, 1.82) is 0 Å². The van der Waals surface area contributed by atoms with Crippen LogP contribution in [0.3, 0.4) is 0 Å². The first-order chi connectivity index (χ1) is 14.2. The molecule has 1 aliphatic rings. The average Bonchev–Trinajstić information content (AvgIpc) is 3.43. The van der Waals surface area contributed by atoms with Gasteiger partial charge in [-0.05, 0) is 31.2 Å². The highest BCUT2D eigenvalue weighted by molar-refractivity contribution is 5.53. The van der Waals surface area contributed by atoms with Gasteiger partial charge in [0.25, 0.3) is 0 Å². The lowest BCUT2D eigenvalue weighted by molar-refractivity contribution is 0.0799. The van der Waals surface area contributed by atoms with Crippen molar-refractivity contribution in [3.63, 3.8) is 0 Å². The normalized spacial score (nSPS) is 16.8. The van der Waals surface area contributed by atoms with Crippen molar-refractivity contribution in [2.75, 3.05) is 33.3 Å². The van der Waals surface area contributed by atoms with Gasteiger partial charge >= 0.3 is 0 Å². The molecule has 3 heterocycles. The molecule has 1 aliphatic heterocycles. The van der Waals surface area contributed by atoms with Crippen LogP contribution in [0.4, 0.5) is 0 Å². The third-order valence-electron chi connectivity index (χ3n) is 5.27. The van der Waals surface area contributed by atoms with E-state index in [-0.39, 0.29) is 6.04 Å². The molecule has 0 saturated carbocycles. The lowest BCUT2D eigenvalue weighted by Crippen LogP contribution is -2.46. The van der Waals surface area contributed by atoms with Crippen molar-refractivity contribution in [1.82, 2.24) is 30.1 Å². The summed E-state index contributed by atoms with van der Waals surface area (Å²) in [5, 5.41) is 12.4. The van der Waals surface area contributed by atoms with Crippen LogP contribution in [0, 0.1) is 0 Å². The molecule has 0 radical (unpaired) electrons. The molecule has 2 aromatic heterocycles. The molecule has 0 aliphatic carbocycles. The first-order valence-corrected chi connectivity index (χ1v) is 9.92. The summed E-state index contributed by atoms with van der Waals surface area (Å²) >= 11 is 0. The summed E-state index contributed by atoms with van der Waals surface area (Å²) in [4.78, 5) is 9.14. The molecule has 0 N–H and O–H groups in total. The fourth-order valence-electron chi connectivity index (χ4n) is 3.40. The molecule has 9 heteroatoms. The van der Waals surface area contributed by atoms with Gasteiger partial charge in [-0.3, -0.25) is 9.80 Å². The number of rotatable bonds is 7. The Morgan fingerprint density at radius 2 is 1.86 bits per heavy atom. The lowest BCUT2D eigenvalue weighted by Gasteiger charge is -2.36. The maximum Gasteiger partial charge on any atom is 0.247 e. The Morgan fingerprint density at radius 3 is 2.52 bits per heavy atom. The number of nitrogens with zero attached hydrogens (tertiary/aromatic N) is 6. The minimum Gasteiger partial charge on any atom is -0.497 e. The number of hydrogen-bond acceptors (Lipinski definition) is 9. The van der Waals surface area contributed by atoms with E-state index in [1.165, 1.54) is 0 Å². The topological polar surface area (TPSA) is 93.6 Å². The van der Waals surface area contributed by atoms with Crippen molar-refractivity contribution in [2.45, 2.75) is 32.9 Å². The van der Waals surface area contributed by atoms with Gasteiger partial charge in [0.15, 0.2) is 5.82 Å². The molecule has 29 heavy (non-hydrogen) atoms. The number of aryl methyl sites for hydroxylation is 1. The molecule has 0 amide bonds. The van der Waals surface area contributed by atoms with Gasteiger partial charge in [0.2, 0.25) is 17.7 Å². The van der Waals surface area contributed by atoms with Crippen LogP contribution < -0.4 is 4.74 Å². The fourth-order valence-corrected chi connectivity index (χ4v) is 3.40. The molecule has 1 aromatic carbocycles. The molecule has 1 unspecified atom stereocenters. The second-order valence-electron chi connectivity index (χ2n) is 7.12. The van der Waals surface area contributed by atoms with Crippen LogP contribution in [0.2, 0.25) is 0 Å². The predicted octanol–water partition coefficient (Wildman–Crippen LogP) is 2.57. The lowest BCUT2D eigenvalue weighted by atomic mass is 10.2. The average molecular weight is 398 g/mol. The Bertz CT molecular complexity index is 914. The minimum absolute atomic E-state index is 0.120. The third-order valence-corrected chi connectivity index (χ3v) is 5.27. The zero-order valence-electron chi connectivity index (χ0n) is 17.0. The number of benzene rings is 1. The Morgan fingerprint density at radius 1 is 1.10 bits per heavy atom. The van der Waals surface area contributed by atoms with E-state index in [4.69, 9.17) is 13.7 Å². The van der Waals surface area contributed by atoms with Crippen LogP contribution in [0.25, 0.3) is 11.5 Å². The van der Waals surface area contributed by atoms with E-state index in [1.807, 2.05) is 31.2 Å². The zero-order valence-corrected chi connectivity index (χ0v) is 17.0. The maximum atomic E-state index is 5.85. The molecular formula is C20H26N6O3. The molecule has 1 saturated heterocycles. The SMILES string of the molecule is CCc1noc(C(C)N2CCN(Cc3nnc(-c4ccc(OC)cc4)o3)CC2)n1. The van der Waals surface area contributed by atoms with Crippen LogP contribution in [0.5, 0.6) is 5.75 Å². The van der Waals surface area contributed by atoms with Gasteiger partial charge in [0.05, 0.1) is 19.7 Å². The summed E-state index contributed by atoms with van der Waals surface area (Å²) < 4.78 is 16.4. The van der Waals surface area contributed by atoms with E-state index >= 15 is 0 Å². The van der Waals surface area contributed by atoms with E-state index in [9.17, 15) is 0 Å². The molecule has 3 aromatic rings. The van der Waals surface area contributed by atoms with E-state index in [2.05, 4.69) is 37.1 Å². The Kier molecular flexibility index (Phi) is 5.86. The Hall–Kier alpha value is -2.78. The highest BCUT2D eigenvalue weighted by Crippen LogP contribution is 2.23. The predicted molar refractivity (Wildman–Crippen MR) is 105 cm³/mol. The van der Waals surface area contributed by atoms with Gasteiger partial charge in [-0.1, -0.05) is 12.1 Å². The van der Waals surface area contributed by atoms with Crippen molar-refractivity contribution in [3.05, 3.63) is 41.9 Å². The van der Waals surface area contributed by atoms with E-state index in [1.54, 1.807) is 7.11 Å². The second-order valence-corrected chi connectivity index (χ2v) is 7.12. The van der Waals surface area contributed by atoms with Gasteiger partial charge in [0, 0.05) is 38.2 Å². The summed E-state index contributed by atoms with van der Waals surface area (Å²) in [5.74, 6) is 3.40. The number of piperazine rings is 1. The number of aromatic nitrogens is 4. The van der Waals surface area contributed by atoms with E-state index < -0.39 is 0 Å². The molecule has 154 valence electrons. The minimum atomic E-state index is 0.120. The van der Waals surface area contributed by atoms with Gasteiger partial charge in [0.1, 0.15) is 5.75 Å². The highest BCUT2D eigenvalue weighted by Gasteiger charge is 2.26. The van der Waals surface area contributed by atoms with Gasteiger partial charge in [-0.25, -0.2) is 0 Å². The molecule has 4 rings (SSSR count). The standard InChI is InChI=1S/C20H26N6O3/c1-4-17-21-19(29-24-17)14(2)26-11-9-25(10-12-26)13-18-22-23-20(28-18)15-5-7-16(27-3)8-6-15/h5-8,14H,4,9-13H2,1-3H3. The van der Waals surface area contributed by atoms with Crippen molar-refractivity contribution >= 4 is 0 Å². The largest absolute Gasteiger partial charge is 0.497 e. The van der Waals surface area contributed by atoms with Crippen LogP contribution in [-0.4, -0.2) is 63.4 Å². The first-order valence-electron chi connectivity index (χ1n) is 9.92. The quantitative estimate of drug-likeness (QED) is 0.595. The van der Waals surface area contributed by atoms with Crippen LogP contribution in [-0.2, 0) is 13.0 Å². The fraction of sp³-hybridized carbons (Fsp3) is 0.500. The van der Waals surface area contributed by atoms with Crippen molar-refractivity contribution in [2.24, 2.45) is 0 Å². The van der Waals surface area contributed by atoms with Gasteiger partial charge in [-0.15, -0.1) is 10.2 Å². The van der Waals surface area contributed by atoms with Gasteiger partial charge in [-0.2, -0.15) is 4.98 Å². The van der Waals surface area contributed by atoms with Crippen LogP contribution in [0.1, 0.15) is 37.5 Å². The maximum absolute atomic E-state index is 5.85. The smallest absolute Gasteiger partial charge is 0.247 e. The summed E-state index contributed by atoms with van der Waals surface area (Å²) in [6.45, 7) is 8.46. The van der Waals surface area contributed by atoms with E-state index in [0.717, 1.165) is 49.7 Å². The summed E-state index contributed by atoms with van der Waals surface area (Å²) in [7, 11) is 1.64. The van der Waals surface area contributed by atoms with E-state index in [0.29, 0.717) is 24.2 Å². The van der Waals surface area contributed by atoms with Crippen LogP contribution in [0.15, 0.2) is 33.2 Å². The molecule has 9 nitrogen and oxygen atoms in total. The Balaban J connectivity index is 1.31. The van der Waals surface area contributed by atoms with Gasteiger partial charge < -0.3 is 13.7 Å². The number of methoxy groups -OCH3 is 1.